The van der Waals surface area contributed by atoms with Crippen LogP contribution in [0.5, 0.6) is 5.75 Å². The van der Waals surface area contributed by atoms with Crippen molar-refractivity contribution in [2.75, 3.05) is 12.8 Å². The fraction of sp³-hybridized carbons (Fsp3) is 0.143. The minimum absolute atomic E-state index is 0.0448. The molecule has 0 spiro atoms. The van der Waals surface area contributed by atoms with Gasteiger partial charge in [-0.2, -0.15) is 0 Å². The van der Waals surface area contributed by atoms with Crippen molar-refractivity contribution in [3.8, 4) is 5.75 Å². The lowest BCUT2D eigenvalue weighted by molar-refractivity contribution is 0.409. The van der Waals surface area contributed by atoms with Crippen molar-refractivity contribution in [3.05, 3.63) is 53.8 Å². The lowest BCUT2D eigenvalue weighted by atomic mass is 10.2. The highest BCUT2D eigenvalue weighted by Gasteiger charge is 2.18. The van der Waals surface area contributed by atoms with Crippen LogP contribution in [0.1, 0.15) is 5.56 Å². The molecule has 0 heterocycles. The Morgan fingerprint density at radius 1 is 1.24 bits per heavy atom. The van der Waals surface area contributed by atoms with Crippen LogP contribution in [-0.4, -0.2) is 15.5 Å². The summed E-state index contributed by atoms with van der Waals surface area (Å²) < 4.78 is 44.9. The van der Waals surface area contributed by atoms with Crippen molar-refractivity contribution in [3.63, 3.8) is 0 Å². The fourth-order valence-electron chi connectivity index (χ4n) is 1.86. The van der Waals surface area contributed by atoms with E-state index in [-0.39, 0.29) is 17.1 Å². The Balaban J connectivity index is 2.22. The van der Waals surface area contributed by atoms with Gasteiger partial charge in [0.1, 0.15) is 16.5 Å². The van der Waals surface area contributed by atoms with Gasteiger partial charge < -0.3 is 10.5 Å². The predicted molar refractivity (Wildman–Crippen MR) is 77.8 cm³/mol. The van der Waals surface area contributed by atoms with Gasteiger partial charge in [0.2, 0.25) is 10.0 Å². The fourth-order valence-corrected chi connectivity index (χ4v) is 2.98. The summed E-state index contributed by atoms with van der Waals surface area (Å²) in [6.45, 7) is 0.0448. The number of sulfonamides is 1. The second-order valence-corrected chi connectivity index (χ2v) is 6.05. The second kappa shape index (κ2) is 6.11. The Morgan fingerprint density at radius 2 is 1.95 bits per heavy atom. The zero-order valence-corrected chi connectivity index (χ0v) is 12.2. The molecule has 0 atom stereocenters. The Morgan fingerprint density at radius 3 is 2.62 bits per heavy atom. The Hall–Kier alpha value is -2.12. The minimum atomic E-state index is -3.83. The molecule has 112 valence electrons. The van der Waals surface area contributed by atoms with Gasteiger partial charge in [-0.3, -0.25) is 0 Å². The van der Waals surface area contributed by atoms with Crippen LogP contribution in [-0.2, 0) is 16.6 Å². The number of anilines is 1. The maximum atomic E-state index is 13.0. The van der Waals surface area contributed by atoms with Crippen LogP contribution in [0.25, 0.3) is 0 Å². The van der Waals surface area contributed by atoms with E-state index in [0.717, 1.165) is 18.2 Å². The molecule has 0 aromatic heterocycles. The first-order chi connectivity index (χ1) is 9.94. The molecule has 5 nitrogen and oxygen atoms in total. The highest BCUT2D eigenvalue weighted by atomic mass is 32.2. The van der Waals surface area contributed by atoms with Crippen LogP contribution in [0, 0.1) is 5.82 Å². The lowest BCUT2D eigenvalue weighted by Gasteiger charge is -2.11. The molecule has 2 aromatic rings. The SMILES string of the molecule is COc1ccccc1CNS(=O)(=O)c1ccc(F)cc1N. The molecule has 0 amide bonds. The van der Waals surface area contributed by atoms with Crippen LogP contribution < -0.4 is 15.2 Å². The molecule has 0 saturated carbocycles. The molecular formula is C14H15FN2O3S. The van der Waals surface area contributed by atoms with Crippen molar-refractivity contribution < 1.29 is 17.5 Å². The minimum Gasteiger partial charge on any atom is -0.496 e. The third kappa shape index (κ3) is 3.50. The molecule has 0 aliphatic carbocycles. The smallest absolute Gasteiger partial charge is 0.242 e. The van der Waals surface area contributed by atoms with Gasteiger partial charge in [0.05, 0.1) is 12.8 Å². The Bertz CT molecular complexity index is 748. The number of rotatable bonds is 5. The molecular weight excluding hydrogens is 295 g/mol. The Kier molecular flexibility index (Phi) is 4.44. The highest BCUT2D eigenvalue weighted by Crippen LogP contribution is 2.21. The third-order valence-electron chi connectivity index (χ3n) is 2.91. The summed E-state index contributed by atoms with van der Waals surface area (Å²) in [6.07, 6.45) is 0. The molecule has 3 N–H and O–H groups in total. The van der Waals surface area contributed by atoms with E-state index in [1.807, 2.05) is 0 Å². The molecule has 0 unspecified atom stereocenters. The summed E-state index contributed by atoms with van der Waals surface area (Å²) in [5.74, 6) is -0.0107. The molecule has 0 aliphatic heterocycles. The standard InChI is InChI=1S/C14H15FN2O3S/c1-20-13-5-3-2-4-10(13)9-17-21(18,19)14-7-6-11(15)8-12(14)16/h2-8,17H,9,16H2,1H3. The van der Waals surface area contributed by atoms with E-state index < -0.39 is 15.8 Å². The topological polar surface area (TPSA) is 81.4 Å². The van der Waals surface area contributed by atoms with Crippen molar-refractivity contribution in [1.82, 2.24) is 4.72 Å². The van der Waals surface area contributed by atoms with Gasteiger partial charge in [-0.25, -0.2) is 17.5 Å². The quantitative estimate of drug-likeness (QED) is 0.826. The number of hydrogen-bond donors (Lipinski definition) is 2. The second-order valence-electron chi connectivity index (χ2n) is 4.32. The zero-order valence-electron chi connectivity index (χ0n) is 11.3. The summed E-state index contributed by atoms with van der Waals surface area (Å²) in [4.78, 5) is -0.154. The summed E-state index contributed by atoms with van der Waals surface area (Å²) in [5.41, 5.74) is 6.10. The number of nitrogens with one attached hydrogen (secondary N) is 1. The molecule has 2 aromatic carbocycles. The first kappa shape index (κ1) is 15.3. The van der Waals surface area contributed by atoms with Gasteiger partial charge in [0.15, 0.2) is 0 Å². The molecule has 21 heavy (non-hydrogen) atoms. The average Bonchev–Trinajstić information content (AvgIpc) is 2.45. The van der Waals surface area contributed by atoms with Gasteiger partial charge in [-0.1, -0.05) is 18.2 Å². The van der Waals surface area contributed by atoms with Gasteiger partial charge >= 0.3 is 0 Å². The number of nitrogens with two attached hydrogens (primary N) is 1. The normalized spacial score (nSPS) is 11.3. The summed E-state index contributed by atoms with van der Waals surface area (Å²) in [7, 11) is -2.32. The van der Waals surface area contributed by atoms with E-state index in [4.69, 9.17) is 10.5 Å². The van der Waals surface area contributed by atoms with Gasteiger partial charge in [0.25, 0.3) is 0 Å². The number of para-hydroxylation sites is 1. The zero-order chi connectivity index (χ0) is 15.5. The first-order valence-corrected chi connectivity index (χ1v) is 7.59. The van der Waals surface area contributed by atoms with Gasteiger partial charge in [0, 0.05) is 12.1 Å². The molecule has 0 radical (unpaired) electrons. The summed E-state index contributed by atoms with van der Waals surface area (Å²) in [5, 5.41) is 0. The van der Waals surface area contributed by atoms with Crippen LogP contribution in [0.3, 0.4) is 0 Å². The number of benzene rings is 2. The predicted octanol–water partition coefficient (Wildman–Crippen LogP) is 1.90. The van der Waals surface area contributed by atoms with Crippen molar-refractivity contribution in [2.45, 2.75) is 11.4 Å². The van der Waals surface area contributed by atoms with E-state index in [1.54, 1.807) is 24.3 Å². The number of ether oxygens (including phenoxy) is 1. The largest absolute Gasteiger partial charge is 0.496 e. The molecule has 0 fully saturated rings. The van der Waals surface area contributed by atoms with Gasteiger partial charge in [-0.15, -0.1) is 0 Å². The highest BCUT2D eigenvalue weighted by molar-refractivity contribution is 7.89. The van der Waals surface area contributed by atoms with Crippen molar-refractivity contribution in [1.29, 1.82) is 0 Å². The number of methoxy groups -OCH3 is 1. The van der Waals surface area contributed by atoms with Crippen molar-refractivity contribution in [2.24, 2.45) is 0 Å². The summed E-state index contributed by atoms with van der Waals surface area (Å²) in [6, 6.07) is 10.2. The average molecular weight is 310 g/mol. The molecule has 0 aliphatic rings. The van der Waals surface area contributed by atoms with Crippen LogP contribution in [0.2, 0.25) is 0 Å². The number of nitrogen functional groups attached to an aromatic ring is 1. The van der Waals surface area contributed by atoms with Crippen LogP contribution in [0.15, 0.2) is 47.4 Å². The van der Waals surface area contributed by atoms with Gasteiger partial charge in [-0.05, 0) is 24.3 Å². The number of hydrogen-bond acceptors (Lipinski definition) is 4. The maximum absolute atomic E-state index is 13.0. The molecule has 7 heteroatoms. The monoisotopic (exact) mass is 310 g/mol. The van der Waals surface area contributed by atoms with E-state index in [1.165, 1.54) is 7.11 Å². The third-order valence-corrected chi connectivity index (χ3v) is 4.38. The van der Waals surface area contributed by atoms with E-state index in [2.05, 4.69) is 4.72 Å². The van der Waals surface area contributed by atoms with Crippen LogP contribution in [0.4, 0.5) is 10.1 Å². The lowest BCUT2D eigenvalue weighted by Crippen LogP contribution is -2.24. The summed E-state index contributed by atoms with van der Waals surface area (Å²) >= 11 is 0. The van der Waals surface area contributed by atoms with E-state index in [0.29, 0.717) is 11.3 Å². The molecule has 0 saturated heterocycles. The maximum Gasteiger partial charge on any atom is 0.242 e. The van der Waals surface area contributed by atoms with E-state index in [9.17, 15) is 12.8 Å². The first-order valence-electron chi connectivity index (χ1n) is 6.10. The van der Waals surface area contributed by atoms with E-state index >= 15 is 0 Å². The molecule has 2 rings (SSSR count). The van der Waals surface area contributed by atoms with Crippen molar-refractivity contribution >= 4 is 15.7 Å². The number of halogens is 1. The van der Waals surface area contributed by atoms with Crippen LogP contribution >= 0.6 is 0 Å². The molecule has 0 bridgehead atoms. The Labute approximate surface area is 122 Å².